The fourth-order valence-corrected chi connectivity index (χ4v) is 3.01. The molecule has 136 valence electrons. The van der Waals surface area contributed by atoms with Crippen LogP contribution in [0.15, 0.2) is 27.8 Å². The van der Waals surface area contributed by atoms with Crippen molar-refractivity contribution in [3.05, 3.63) is 24.2 Å². The first-order chi connectivity index (χ1) is 11.8. The van der Waals surface area contributed by atoms with E-state index in [2.05, 4.69) is 34.4 Å². The van der Waals surface area contributed by atoms with Gasteiger partial charge in [-0.05, 0) is 44.4 Å². The third kappa shape index (κ3) is 6.95. The first-order valence-electron chi connectivity index (χ1n) is 9.61. The molecule has 0 unspecified atom stereocenters. The average molecular weight is 335 g/mol. The quantitative estimate of drug-likeness (QED) is 0.538. The molecule has 1 aliphatic rings. The van der Waals surface area contributed by atoms with E-state index in [1.165, 1.54) is 45.3 Å². The molecule has 2 heterocycles. The van der Waals surface area contributed by atoms with E-state index in [0.717, 1.165) is 37.7 Å². The van der Waals surface area contributed by atoms with E-state index in [4.69, 9.17) is 4.42 Å². The third-order valence-corrected chi connectivity index (χ3v) is 4.49. The maximum atomic E-state index is 5.38. The molecular weight excluding hydrogens is 300 g/mol. The zero-order valence-electron chi connectivity index (χ0n) is 15.4. The highest BCUT2D eigenvalue weighted by molar-refractivity contribution is 5.80. The first-order valence-corrected chi connectivity index (χ1v) is 9.61. The number of likely N-dealkylation sites (tertiary alicyclic amines) is 1. The molecule has 2 N–H and O–H groups in total. The van der Waals surface area contributed by atoms with Gasteiger partial charge in [-0.15, -0.1) is 0 Å². The van der Waals surface area contributed by atoms with Gasteiger partial charge in [-0.3, -0.25) is 4.99 Å². The van der Waals surface area contributed by atoms with Crippen molar-refractivity contribution < 1.29 is 4.42 Å². The lowest BCUT2D eigenvalue weighted by Gasteiger charge is -2.33. The molecule has 1 fully saturated rings. The minimum Gasteiger partial charge on any atom is -0.469 e. The molecule has 0 bridgehead atoms. The minimum absolute atomic E-state index is 0.537. The molecule has 1 saturated heterocycles. The zero-order chi connectivity index (χ0) is 17.0. The van der Waals surface area contributed by atoms with Crippen molar-refractivity contribution in [2.24, 2.45) is 4.99 Å². The van der Waals surface area contributed by atoms with E-state index in [9.17, 15) is 0 Å². The van der Waals surface area contributed by atoms with E-state index in [1.54, 1.807) is 6.26 Å². The molecule has 1 aromatic rings. The molecule has 1 aromatic heterocycles. The second-order valence-electron chi connectivity index (χ2n) is 6.60. The van der Waals surface area contributed by atoms with Crippen LogP contribution in [0.5, 0.6) is 0 Å². The number of aliphatic imine (C=N–C) groups is 1. The lowest BCUT2D eigenvalue weighted by molar-refractivity contribution is 0.203. The molecule has 0 spiro atoms. The summed E-state index contributed by atoms with van der Waals surface area (Å²) in [5, 5.41) is 7.08. The van der Waals surface area contributed by atoms with Gasteiger partial charge < -0.3 is 20.0 Å². The monoisotopic (exact) mass is 334 g/mol. The summed E-state index contributed by atoms with van der Waals surface area (Å²) in [6.07, 6.45) is 8.69. The SMILES string of the molecule is CCCCN1CCC(NC(=NCCC)NCCc2ccco2)CC1. The number of rotatable bonds is 9. The lowest BCUT2D eigenvalue weighted by Crippen LogP contribution is -2.49. The second kappa shape index (κ2) is 11.1. The Hall–Kier alpha value is -1.49. The summed E-state index contributed by atoms with van der Waals surface area (Å²) in [4.78, 5) is 7.27. The largest absolute Gasteiger partial charge is 0.469 e. The Morgan fingerprint density at radius 1 is 1.29 bits per heavy atom. The lowest BCUT2D eigenvalue weighted by atomic mass is 10.0. The number of nitrogens with zero attached hydrogens (tertiary/aromatic N) is 2. The van der Waals surface area contributed by atoms with Gasteiger partial charge in [-0.1, -0.05) is 20.3 Å². The summed E-state index contributed by atoms with van der Waals surface area (Å²) < 4.78 is 5.38. The van der Waals surface area contributed by atoms with Crippen molar-refractivity contribution in [2.75, 3.05) is 32.7 Å². The average Bonchev–Trinajstić information content (AvgIpc) is 3.12. The molecule has 0 saturated carbocycles. The molecule has 0 amide bonds. The molecule has 2 rings (SSSR count). The highest BCUT2D eigenvalue weighted by Crippen LogP contribution is 2.11. The Morgan fingerprint density at radius 2 is 2.12 bits per heavy atom. The van der Waals surface area contributed by atoms with Crippen molar-refractivity contribution in [3.63, 3.8) is 0 Å². The van der Waals surface area contributed by atoms with Crippen LogP contribution in [0.1, 0.15) is 51.7 Å². The predicted octanol–water partition coefficient (Wildman–Crippen LogP) is 3.03. The van der Waals surface area contributed by atoms with Crippen molar-refractivity contribution in [1.82, 2.24) is 15.5 Å². The zero-order valence-corrected chi connectivity index (χ0v) is 15.4. The second-order valence-corrected chi connectivity index (χ2v) is 6.60. The smallest absolute Gasteiger partial charge is 0.191 e. The van der Waals surface area contributed by atoms with Crippen LogP contribution in [0.3, 0.4) is 0 Å². The highest BCUT2D eigenvalue weighted by Gasteiger charge is 2.19. The molecular formula is C19H34N4O. The van der Waals surface area contributed by atoms with E-state index in [1.807, 2.05) is 12.1 Å². The Labute approximate surface area is 146 Å². The highest BCUT2D eigenvalue weighted by atomic mass is 16.3. The fraction of sp³-hybridized carbons (Fsp3) is 0.737. The molecule has 0 aromatic carbocycles. The summed E-state index contributed by atoms with van der Waals surface area (Å²) in [5.74, 6) is 1.97. The minimum atomic E-state index is 0.537. The Morgan fingerprint density at radius 3 is 2.79 bits per heavy atom. The van der Waals surface area contributed by atoms with Crippen LogP contribution in [-0.4, -0.2) is 49.6 Å². The molecule has 0 aliphatic carbocycles. The molecule has 1 aliphatic heterocycles. The molecule has 5 nitrogen and oxygen atoms in total. The summed E-state index contributed by atoms with van der Waals surface area (Å²) in [7, 11) is 0. The van der Waals surface area contributed by atoms with E-state index in [0.29, 0.717) is 6.04 Å². The van der Waals surface area contributed by atoms with Gasteiger partial charge in [-0.25, -0.2) is 0 Å². The number of guanidine groups is 1. The van der Waals surface area contributed by atoms with E-state index >= 15 is 0 Å². The number of piperidine rings is 1. The van der Waals surface area contributed by atoms with Crippen LogP contribution in [0.25, 0.3) is 0 Å². The predicted molar refractivity (Wildman–Crippen MR) is 101 cm³/mol. The topological polar surface area (TPSA) is 52.8 Å². The number of hydrogen-bond donors (Lipinski definition) is 2. The van der Waals surface area contributed by atoms with Gasteiger partial charge in [0.1, 0.15) is 5.76 Å². The number of unbranched alkanes of at least 4 members (excludes halogenated alkanes) is 1. The molecule has 5 heteroatoms. The Bertz CT molecular complexity index is 450. The van der Waals surface area contributed by atoms with Gasteiger partial charge in [0.2, 0.25) is 0 Å². The maximum Gasteiger partial charge on any atom is 0.191 e. The van der Waals surface area contributed by atoms with E-state index in [-0.39, 0.29) is 0 Å². The molecule has 0 radical (unpaired) electrons. The normalized spacial score (nSPS) is 17.2. The van der Waals surface area contributed by atoms with Gasteiger partial charge in [-0.2, -0.15) is 0 Å². The standard InChI is InChI=1S/C19H34N4O/c1-3-5-13-23-14-9-17(10-15-23)22-19(20-11-4-2)21-12-8-18-7-6-16-24-18/h6-7,16-17H,3-5,8-15H2,1-2H3,(H2,20,21,22). The van der Waals surface area contributed by atoms with Crippen molar-refractivity contribution in [1.29, 1.82) is 0 Å². The number of hydrogen-bond acceptors (Lipinski definition) is 3. The van der Waals surface area contributed by atoms with Gasteiger partial charge in [0.15, 0.2) is 5.96 Å². The van der Waals surface area contributed by atoms with Gasteiger partial charge in [0.25, 0.3) is 0 Å². The first kappa shape index (κ1) is 18.8. The summed E-state index contributed by atoms with van der Waals surface area (Å²) in [6.45, 7) is 9.79. The number of furan rings is 1. The van der Waals surface area contributed by atoms with Crippen molar-refractivity contribution in [2.45, 2.75) is 58.4 Å². The third-order valence-electron chi connectivity index (χ3n) is 4.49. The van der Waals surface area contributed by atoms with Crippen molar-refractivity contribution in [3.8, 4) is 0 Å². The van der Waals surface area contributed by atoms with Gasteiger partial charge >= 0.3 is 0 Å². The van der Waals surface area contributed by atoms with Crippen LogP contribution in [0, 0.1) is 0 Å². The maximum absolute atomic E-state index is 5.38. The fourth-order valence-electron chi connectivity index (χ4n) is 3.01. The van der Waals surface area contributed by atoms with E-state index < -0.39 is 0 Å². The summed E-state index contributed by atoms with van der Waals surface area (Å²) in [5.41, 5.74) is 0. The van der Waals surface area contributed by atoms with Crippen LogP contribution in [0.2, 0.25) is 0 Å². The summed E-state index contributed by atoms with van der Waals surface area (Å²) >= 11 is 0. The van der Waals surface area contributed by atoms with Gasteiger partial charge in [0.05, 0.1) is 6.26 Å². The molecule has 0 atom stereocenters. The van der Waals surface area contributed by atoms with Crippen LogP contribution >= 0.6 is 0 Å². The van der Waals surface area contributed by atoms with Crippen LogP contribution in [0.4, 0.5) is 0 Å². The van der Waals surface area contributed by atoms with Crippen LogP contribution < -0.4 is 10.6 Å². The van der Waals surface area contributed by atoms with Crippen molar-refractivity contribution >= 4 is 5.96 Å². The Kier molecular flexibility index (Phi) is 8.74. The summed E-state index contributed by atoms with van der Waals surface area (Å²) in [6, 6.07) is 4.49. The van der Waals surface area contributed by atoms with Gasteiger partial charge in [0, 0.05) is 38.6 Å². The van der Waals surface area contributed by atoms with Crippen LogP contribution in [-0.2, 0) is 6.42 Å². The molecule has 24 heavy (non-hydrogen) atoms. The Balaban J connectivity index is 1.72. The number of nitrogens with one attached hydrogen (secondary N) is 2.